The molecule has 4 aromatic rings. The molecule has 0 bridgehead atoms. The lowest BCUT2D eigenvalue weighted by Gasteiger charge is -2.39. The Morgan fingerprint density at radius 3 is 2.08 bits per heavy atom. The Hall–Kier alpha value is -4.29. The van der Waals surface area contributed by atoms with Gasteiger partial charge in [-0.15, -0.1) is 0 Å². The molecule has 4 aromatic carbocycles. The van der Waals surface area contributed by atoms with Crippen molar-refractivity contribution in [3.8, 4) is 17.2 Å². The van der Waals surface area contributed by atoms with Crippen LogP contribution in [0.2, 0.25) is 0 Å². The Morgan fingerprint density at radius 1 is 0.811 bits per heavy atom. The molecule has 1 aliphatic heterocycles. The predicted molar refractivity (Wildman–Crippen MR) is 141 cm³/mol. The Labute approximate surface area is 216 Å². The Morgan fingerprint density at radius 2 is 1.43 bits per heavy atom. The number of amides is 1. The van der Waals surface area contributed by atoms with Crippen LogP contribution in [0.25, 0.3) is 0 Å². The highest BCUT2D eigenvalue weighted by molar-refractivity contribution is 6.00. The largest absolute Gasteiger partial charge is 0.502 e. The third-order valence-corrected chi connectivity index (χ3v) is 6.76. The average molecular weight is 496 g/mol. The number of hydrogen-bond donors (Lipinski definition) is 1. The topological polar surface area (TPSA) is 68.2 Å². The molecule has 188 valence electrons. The van der Waals surface area contributed by atoms with Gasteiger partial charge in [0.1, 0.15) is 0 Å². The molecule has 1 amide bonds. The summed E-state index contributed by atoms with van der Waals surface area (Å²) in [5.41, 5.74) is 3.92. The third-order valence-electron chi connectivity index (χ3n) is 6.76. The first kappa shape index (κ1) is 24.4. The molecule has 6 heteroatoms. The van der Waals surface area contributed by atoms with Gasteiger partial charge in [0.2, 0.25) is 5.75 Å². The minimum Gasteiger partial charge on any atom is -0.502 e. The van der Waals surface area contributed by atoms with E-state index in [1.807, 2.05) is 85.8 Å². The van der Waals surface area contributed by atoms with E-state index < -0.39 is 5.72 Å². The van der Waals surface area contributed by atoms with Crippen molar-refractivity contribution in [2.75, 3.05) is 14.2 Å². The van der Waals surface area contributed by atoms with Crippen LogP contribution in [0, 0.1) is 6.92 Å². The zero-order chi connectivity index (χ0) is 26.0. The summed E-state index contributed by atoms with van der Waals surface area (Å²) in [5.74, 6) is 0.396. The molecule has 0 aliphatic carbocycles. The van der Waals surface area contributed by atoms with E-state index >= 15 is 0 Å². The number of methoxy groups -OCH3 is 2. The van der Waals surface area contributed by atoms with E-state index in [0.29, 0.717) is 12.1 Å². The number of ether oxygens (including phenoxy) is 3. The summed E-state index contributed by atoms with van der Waals surface area (Å²) >= 11 is 0. The number of aromatic hydroxyl groups is 1. The second-order valence-corrected chi connectivity index (χ2v) is 9.07. The van der Waals surface area contributed by atoms with Gasteiger partial charge >= 0.3 is 0 Å². The SMILES string of the molecule is COc1cc(COC2(c3ccc(C)cc3)c3ccccc3C(=O)N2Cc2ccccc2)cc(OC)c1O. The van der Waals surface area contributed by atoms with E-state index in [-0.39, 0.29) is 29.8 Å². The number of rotatable bonds is 8. The molecule has 0 aromatic heterocycles. The van der Waals surface area contributed by atoms with E-state index in [4.69, 9.17) is 14.2 Å². The van der Waals surface area contributed by atoms with Crippen molar-refractivity contribution in [3.05, 3.63) is 124 Å². The lowest BCUT2D eigenvalue weighted by molar-refractivity contribution is -0.120. The fraction of sp³-hybridized carbons (Fsp3) is 0.194. The molecular weight excluding hydrogens is 466 g/mol. The van der Waals surface area contributed by atoms with Crippen LogP contribution >= 0.6 is 0 Å². The fourth-order valence-electron chi connectivity index (χ4n) is 4.90. The Bertz CT molecular complexity index is 1390. The number of phenolic OH excluding ortho intramolecular Hbond substituents is 1. The summed E-state index contributed by atoms with van der Waals surface area (Å²) < 4.78 is 17.5. The lowest BCUT2D eigenvalue weighted by atomic mass is 9.92. The summed E-state index contributed by atoms with van der Waals surface area (Å²) in [6.07, 6.45) is 0. The Kier molecular flexibility index (Phi) is 6.59. The summed E-state index contributed by atoms with van der Waals surface area (Å²) in [6.45, 7) is 2.53. The summed E-state index contributed by atoms with van der Waals surface area (Å²) in [7, 11) is 2.97. The van der Waals surface area contributed by atoms with E-state index in [1.165, 1.54) is 14.2 Å². The molecule has 1 aliphatic rings. The molecule has 37 heavy (non-hydrogen) atoms. The molecule has 0 saturated heterocycles. The highest BCUT2D eigenvalue weighted by Gasteiger charge is 2.52. The molecule has 5 rings (SSSR count). The highest BCUT2D eigenvalue weighted by atomic mass is 16.5. The van der Waals surface area contributed by atoms with Gasteiger partial charge in [0.15, 0.2) is 17.2 Å². The van der Waals surface area contributed by atoms with Crippen molar-refractivity contribution in [1.82, 2.24) is 4.90 Å². The predicted octanol–water partition coefficient (Wildman–Crippen LogP) is 5.79. The van der Waals surface area contributed by atoms with Crippen molar-refractivity contribution >= 4 is 5.91 Å². The zero-order valence-corrected chi connectivity index (χ0v) is 21.1. The lowest BCUT2D eigenvalue weighted by Crippen LogP contribution is -2.46. The standard InChI is InChI=1S/C31H29NO5/c1-21-13-15-24(16-14-21)31(37-20-23-17-27(35-2)29(33)28(18-23)36-3)26-12-8-7-11-25(26)30(34)32(31)19-22-9-5-4-6-10-22/h4-18,33H,19-20H2,1-3H3. The van der Waals surface area contributed by atoms with Gasteiger partial charge in [-0.2, -0.15) is 0 Å². The summed E-state index contributed by atoms with van der Waals surface area (Å²) in [6, 6.07) is 29.0. The normalized spacial score (nSPS) is 16.5. The fourth-order valence-corrected chi connectivity index (χ4v) is 4.90. The van der Waals surface area contributed by atoms with Crippen LogP contribution in [0.3, 0.4) is 0 Å². The quantitative estimate of drug-likeness (QED) is 0.335. The smallest absolute Gasteiger partial charge is 0.257 e. The van der Waals surface area contributed by atoms with Crippen LogP contribution in [-0.2, 0) is 23.6 Å². The molecule has 0 radical (unpaired) electrons. The first-order valence-corrected chi connectivity index (χ1v) is 12.1. The summed E-state index contributed by atoms with van der Waals surface area (Å²) in [5, 5.41) is 10.4. The first-order chi connectivity index (χ1) is 18.0. The molecule has 0 saturated carbocycles. The molecule has 1 unspecified atom stereocenters. The number of aryl methyl sites for hydroxylation is 1. The molecule has 0 spiro atoms. The van der Waals surface area contributed by atoms with Gasteiger partial charge in [-0.3, -0.25) is 9.69 Å². The number of carbonyl (C=O) groups excluding carboxylic acids is 1. The maximum atomic E-state index is 13.9. The van der Waals surface area contributed by atoms with Crippen molar-refractivity contribution in [2.45, 2.75) is 25.8 Å². The monoisotopic (exact) mass is 495 g/mol. The highest BCUT2D eigenvalue weighted by Crippen LogP contribution is 2.47. The average Bonchev–Trinajstić information content (AvgIpc) is 3.17. The number of hydrogen-bond acceptors (Lipinski definition) is 5. The molecule has 6 nitrogen and oxygen atoms in total. The van der Waals surface area contributed by atoms with E-state index in [9.17, 15) is 9.90 Å². The van der Waals surface area contributed by atoms with Crippen LogP contribution < -0.4 is 9.47 Å². The minimum atomic E-state index is -1.17. The molecule has 1 N–H and O–H groups in total. The molecule has 0 fully saturated rings. The second-order valence-electron chi connectivity index (χ2n) is 9.07. The van der Waals surface area contributed by atoms with Gasteiger partial charge in [0.05, 0.1) is 20.8 Å². The van der Waals surface area contributed by atoms with Crippen LogP contribution in [0.1, 0.15) is 38.2 Å². The minimum absolute atomic E-state index is 0.0749. The number of benzene rings is 4. The van der Waals surface area contributed by atoms with E-state index in [2.05, 4.69) is 0 Å². The third kappa shape index (κ3) is 4.30. The van der Waals surface area contributed by atoms with Crippen molar-refractivity contribution in [2.24, 2.45) is 0 Å². The number of carbonyl (C=O) groups is 1. The van der Waals surface area contributed by atoms with Crippen LogP contribution in [0.4, 0.5) is 0 Å². The molecule has 1 heterocycles. The van der Waals surface area contributed by atoms with Crippen molar-refractivity contribution in [1.29, 1.82) is 0 Å². The maximum Gasteiger partial charge on any atom is 0.257 e. The van der Waals surface area contributed by atoms with E-state index in [1.54, 1.807) is 17.0 Å². The molecule has 1 atom stereocenters. The van der Waals surface area contributed by atoms with Crippen molar-refractivity contribution < 1.29 is 24.1 Å². The van der Waals surface area contributed by atoms with Crippen LogP contribution in [0.15, 0.2) is 91.0 Å². The van der Waals surface area contributed by atoms with Crippen LogP contribution in [0.5, 0.6) is 17.2 Å². The van der Waals surface area contributed by atoms with Gasteiger partial charge in [-0.1, -0.05) is 78.4 Å². The van der Waals surface area contributed by atoms with Gasteiger partial charge in [-0.25, -0.2) is 0 Å². The number of fused-ring (bicyclic) bond motifs is 1. The maximum absolute atomic E-state index is 13.9. The van der Waals surface area contributed by atoms with Crippen molar-refractivity contribution in [3.63, 3.8) is 0 Å². The van der Waals surface area contributed by atoms with Gasteiger partial charge in [0.25, 0.3) is 5.91 Å². The van der Waals surface area contributed by atoms with Gasteiger partial charge in [-0.05, 0) is 36.2 Å². The zero-order valence-electron chi connectivity index (χ0n) is 21.1. The molecular formula is C31H29NO5. The van der Waals surface area contributed by atoms with Crippen LogP contribution in [-0.4, -0.2) is 30.1 Å². The Balaban J connectivity index is 1.66. The van der Waals surface area contributed by atoms with E-state index in [0.717, 1.165) is 27.8 Å². The van der Waals surface area contributed by atoms with Gasteiger partial charge < -0.3 is 19.3 Å². The number of nitrogens with zero attached hydrogens (tertiary/aromatic N) is 1. The second kappa shape index (κ2) is 9.99. The first-order valence-electron chi connectivity index (χ1n) is 12.1. The summed E-state index contributed by atoms with van der Waals surface area (Å²) in [4.78, 5) is 15.7. The van der Waals surface area contributed by atoms with Gasteiger partial charge in [0, 0.05) is 23.2 Å². The number of phenols is 1.